The largest absolute Gasteiger partial charge is 0.465 e. The van der Waals surface area contributed by atoms with Crippen LogP contribution in [0.4, 0.5) is 5.69 Å². The number of rotatable bonds is 4. The first-order valence-electron chi connectivity index (χ1n) is 6.12. The van der Waals surface area contributed by atoms with E-state index in [1.54, 1.807) is 18.2 Å². The second-order valence-corrected chi connectivity index (χ2v) is 4.78. The van der Waals surface area contributed by atoms with E-state index in [2.05, 4.69) is 10.1 Å². The zero-order valence-electron chi connectivity index (χ0n) is 11.7. The summed E-state index contributed by atoms with van der Waals surface area (Å²) in [5, 5.41) is 2.76. The quantitative estimate of drug-likeness (QED) is 0.811. The topological polar surface area (TPSA) is 81.4 Å². The normalized spacial score (nSPS) is 12.1. The summed E-state index contributed by atoms with van der Waals surface area (Å²) in [6.45, 7) is 5.58. The number of carbonyl (C=O) groups is 2. The van der Waals surface area contributed by atoms with Crippen LogP contribution in [0.25, 0.3) is 0 Å². The molecule has 19 heavy (non-hydrogen) atoms. The molecule has 5 heteroatoms. The highest BCUT2D eigenvalue weighted by Crippen LogP contribution is 2.17. The number of nitrogens with two attached hydrogens (primary N) is 1. The minimum Gasteiger partial charge on any atom is -0.465 e. The van der Waals surface area contributed by atoms with Crippen LogP contribution in [0.2, 0.25) is 0 Å². The van der Waals surface area contributed by atoms with Gasteiger partial charge in [0.1, 0.15) is 0 Å². The lowest BCUT2D eigenvalue weighted by molar-refractivity contribution is -0.118. The fraction of sp³-hybridized carbons (Fsp3) is 0.429. The highest BCUT2D eigenvalue weighted by atomic mass is 16.5. The molecule has 0 saturated carbocycles. The maximum absolute atomic E-state index is 11.9. The molecule has 1 rings (SSSR count). The van der Waals surface area contributed by atoms with Crippen LogP contribution in [0.5, 0.6) is 0 Å². The Kier molecular flexibility index (Phi) is 5.06. The molecule has 0 unspecified atom stereocenters. The molecule has 3 N–H and O–H groups in total. The minimum atomic E-state index is -0.556. The molecule has 1 amide bonds. The van der Waals surface area contributed by atoms with Crippen LogP contribution in [0.15, 0.2) is 18.2 Å². The molecule has 0 saturated heterocycles. The van der Waals surface area contributed by atoms with Gasteiger partial charge in [-0.05, 0) is 36.6 Å². The third-order valence-corrected chi connectivity index (χ3v) is 2.93. The molecule has 0 spiro atoms. The molecule has 0 aliphatic rings. The van der Waals surface area contributed by atoms with E-state index in [9.17, 15) is 9.59 Å². The highest BCUT2D eigenvalue weighted by molar-refractivity contribution is 5.96. The first-order chi connectivity index (χ1) is 8.86. The van der Waals surface area contributed by atoms with Gasteiger partial charge in [-0.2, -0.15) is 0 Å². The summed E-state index contributed by atoms with van der Waals surface area (Å²) in [6.07, 6.45) is 0. The molecule has 104 valence electrons. The van der Waals surface area contributed by atoms with Crippen LogP contribution >= 0.6 is 0 Å². The standard InChI is InChI=1S/C14H20N2O3/c1-8(2)12(15)13(17)16-11-6-5-10(7-9(11)3)14(18)19-4/h5-8,12H,15H2,1-4H3,(H,16,17)/t12-/m1/s1. The molecule has 0 aliphatic carbocycles. The van der Waals surface area contributed by atoms with Crippen molar-refractivity contribution in [2.45, 2.75) is 26.8 Å². The molecule has 0 bridgehead atoms. The summed E-state index contributed by atoms with van der Waals surface area (Å²) < 4.78 is 4.64. The monoisotopic (exact) mass is 264 g/mol. The number of benzene rings is 1. The van der Waals surface area contributed by atoms with Crippen LogP contribution in [-0.2, 0) is 9.53 Å². The van der Waals surface area contributed by atoms with Crippen molar-refractivity contribution in [2.24, 2.45) is 11.7 Å². The van der Waals surface area contributed by atoms with E-state index in [1.807, 2.05) is 20.8 Å². The van der Waals surface area contributed by atoms with Crippen LogP contribution in [0.1, 0.15) is 29.8 Å². The number of carbonyl (C=O) groups excluding carboxylic acids is 2. The number of amides is 1. The second-order valence-electron chi connectivity index (χ2n) is 4.78. The van der Waals surface area contributed by atoms with Gasteiger partial charge in [0.25, 0.3) is 0 Å². The summed E-state index contributed by atoms with van der Waals surface area (Å²) >= 11 is 0. The number of esters is 1. The average Bonchev–Trinajstić information content (AvgIpc) is 2.38. The maximum Gasteiger partial charge on any atom is 0.337 e. The molecule has 1 aromatic carbocycles. The molecule has 0 aliphatic heterocycles. The Morgan fingerprint density at radius 3 is 2.42 bits per heavy atom. The van der Waals surface area contributed by atoms with Crippen molar-refractivity contribution in [3.63, 3.8) is 0 Å². The van der Waals surface area contributed by atoms with Crippen LogP contribution in [0, 0.1) is 12.8 Å². The third kappa shape index (κ3) is 3.79. The number of methoxy groups -OCH3 is 1. The average molecular weight is 264 g/mol. The van der Waals surface area contributed by atoms with Crippen molar-refractivity contribution in [3.05, 3.63) is 29.3 Å². The molecule has 0 heterocycles. The fourth-order valence-corrected chi connectivity index (χ4v) is 1.57. The van der Waals surface area contributed by atoms with Gasteiger partial charge in [-0.25, -0.2) is 4.79 Å². The molecule has 5 nitrogen and oxygen atoms in total. The zero-order valence-corrected chi connectivity index (χ0v) is 11.7. The van der Waals surface area contributed by atoms with E-state index in [0.717, 1.165) is 5.56 Å². The van der Waals surface area contributed by atoms with Crippen molar-refractivity contribution >= 4 is 17.6 Å². The SMILES string of the molecule is COC(=O)c1ccc(NC(=O)[C@H](N)C(C)C)c(C)c1. The Morgan fingerprint density at radius 2 is 1.95 bits per heavy atom. The summed E-state index contributed by atoms with van der Waals surface area (Å²) in [5.41, 5.74) is 7.65. The first kappa shape index (κ1) is 15.2. The van der Waals surface area contributed by atoms with Gasteiger partial charge in [0.05, 0.1) is 18.7 Å². The van der Waals surface area contributed by atoms with Gasteiger partial charge < -0.3 is 15.8 Å². The number of aryl methyl sites for hydroxylation is 1. The first-order valence-corrected chi connectivity index (χ1v) is 6.12. The second kappa shape index (κ2) is 6.33. The molecular formula is C14H20N2O3. The van der Waals surface area contributed by atoms with E-state index in [4.69, 9.17) is 5.73 Å². The number of anilines is 1. The molecule has 1 atom stereocenters. The lowest BCUT2D eigenvalue weighted by atomic mass is 10.0. The van der Waals surface area contributed by atoms with Gasteiger partial charge in [-0.3, -0.25) is 4.79 Å². The van der Waals surface area contributed by atoms with Gasteiger partial charge in [-0.1, -0.05) is 13.8 Å². The molecular weight excluding hydrogens is 244 g/mol. The predicted octanol–water partition coefficient (Wildman–Crippen LogP) is 1.70. The van der Waals surface area contributed by atoms with E-state index < -0.39 is 12.0 Å². The number of nitrogens with one attached hydrogen (secondary N) is 1. The smallest absolute Gasteiger partial charge is 0.337 e. The van der Waals surface area contributed by atoms with Crippen LogP contribution in [0.3, 0.4) is 0 Å². The van der Waals surface area contributed by atoms with Crippen LogP contribution < -0.4 is 11.1 Å². The number of hydrogen-bond acceptors (Lipinski definition) is 4. The summed E-state index contributed by atoms with van der Waals surface area (Å²) in [7, 11) is 1.33. The molecule has 0 aromatic heterocycles. The summed E-state index contributed by atoms with van der Waals surface area (Å²) in [5.74, 6) is -0.571. The molecule has 0 radical (unpaired) electrons. The zero-order chi connectivity index (χ0) is 14.6. The highest BCUT2D eigenvalue weighted by Gasteiger charge is 2.18. The summed E-state index contributed by atoms with van der Waals surface area (Å²) in [6, 6.07) is 4.39. The Morgan fingerprint density at radius 1 is 1.32 bits per heavy atom. The number of hydrogen-bond donors (Lipinski definition) is 2. The predicted molar refractivity (Wildman–Crippen MR) is 74.0 cm³/mol. The van der Waals surface area contributed by atoms with Gasteiger partial charge in [0.15, 0.2) is 0 Å². The van der Waals surface area contributed by atoms with Crippen molar-refractivity contribution < 1.29 is 14.3 Å². The van der Waals surface area contributed by atoms with Gasteiger partial charge in [-0.15, -0.1) is 0 Å². The molecule has 0 fully saturated rings. The van der Waals surface area contributed by atoms with E-state index in [0.29, 0.717) is 11.3 Å². The fourth-order valence-electron chi connectivity index (χ4n) is 1.57. The lowest BCUT2D eigenvalue weighted by Crippen LogP contribution is -2.39. The van der Waals surface area contributed by atoms with E-state index >= 15 is 0 Å². The lowest BCUT2D eigenvalue weighted by Gasteiger charge is -2.16. The third-order valence-electron chi connectivity index (χ3n) is 2.93. The van der Waals surface area contributed by atoms with Gasteiger partial charge in [0, 0.05) is 5.69 Å². The van der Waals surface area contributed by atoms with Crippen molar-refractivity contribution in [2.75, 3.05) is 12.4 Å². The summed E-state index contributed by atoms with van der Waals surface area (Å²) in [4.78, 5) is 23.2. The van der Waals surface area contributed by atoms with Crippen molar-refractivity contribution in [1.82, 2.24) is 0 Å². The Labute approximate surface area is 113 Å². The minimum absolute atomic E-state index is 0.0645. The van der Waals surface area contributed by atoms with Crippen molar-refractivity contribution in [3.8, 4) is 0 Å². The van der Waals surface area contributed by atoms with Crippen LogP contribution in [-0.4, -0.2) is 25.0 Å². The van der Waals surface area contributed by atoms with Crippen molar-refractivity contribution in [1.29, 1.82) is 0 Å². The van der Waals surface area contributed by atoms with E-state index in [-0.39, 0.29) is 11.8 Å². The Balaban J connectivity index is 2.86. The van der Waals surface area contributed by atoms with Gasteiger partial charge in [0.2, 0.25) is 5.91 Å². The van der Waals surface area contributed by atoms with Gasteiger partial charge >= 0.3 is 5.97 Å². The van der Waals surface area contributed by atoms with E-state index in [1.165, 1.54) is 7.11 Å². The Hall–Kier alpha value is -1.88. The molecule has 1 aromatic rings. The Bertz CT molecular complexity index is 484. The number of ether oxygens (including phenoxy) is 1. The maximum atomic E-state index is 11.9.